The van der Waals surface area contributed by atoms with Crippen LogP contribution in [0.2, 0.25) is 0 Å². The van der Waals surface area contributed by atoms with Gasteiger partial charge in [0.05, 0.1) is 18.9 Å². The number of hydrogen-bond donors (Lipinski definition) is 1. The quantitative estimate of drug-likeness (QED) is 0.497. The molecule has 3 heterocycles. The molecule has 0 radical (unpaired) electrons. The maximum atomic E-state index is 10.1. The van der Waals surface area contributed by atoms with Crippen LogP contribution in [-0.2, 0) is 6.42 Å². The summed E-state index contributed by atoms with van der Waals surface area (Å²) < 4.78 is 12.2. The van der Waals surface area contributed by atoms with Crippen LogP contribution in [0.5, 0.6) is 17.2 Å². The summed E-state index contributed by atoms with van der Waals surface area (Å²) in [5, 5.41) is 17.6. The van der Waals surface area contributed by atoms with Crippen molar-refractivity contribution in [1.29, 1.82) is 0 Å². The van der Waals surface area contributed by atoms with Gasteiger partial charge in [-0.2, -0.15) is 5.10 Å². The van der Waals surface area contributed by atoms with Gasteiger partial charge in [-0.3, -0.25) is 4.90 Å². The number of fused-ring (bicyclic) bond motifs is 5. The first-order valence-electron chi connectivity index (χ1n) is 13.5. The highest BCUT2D eigenvalue weighted by molar-refractivity contribution is 6.02. The number of phenolic OH excluding ortho intramolecular Hbond substituents is 1. The molecule has 6 nitrogen and oxygen atoms in total. The van der Waals surface area contributed by atoms with E-state index < -0.39 is 5.72 Å². The van der Waals surface area contributed by atoms with Gasteiger partial charge in [-0.15, -0.1) is 0 Å². The van der Waals surface area contributed by atoms with Gasteiger partial charge in [0.2, 0.25) is 5.72 Å². The van der Waals surface area contributed by atoms with Crippen molar-refractivity contribution in [3.63, 3.8) is 0 Å². The molecule has 0 unspecified atom stereocenters. The molecule has 1 N–H and O–H groups in total. The Morgan fingerprint density at radius 1 is 0.973 bits per heavy atom. The highest BCUT2D eigenvalue weighted by Crippen LogP contribution is 2.51. The average Bonchev–Trinajstić information content (AvgIpc) is 3.41. The third-order valence-electron chi connectivity index (χ3n) is 8.78. The molecule has 1 saturated heterocycles. The molecule has 0 aromatic heterocycles. The Hall–Kier alpha value is -3.51. The van der Waals surface area contributed by atoms with Crippen molar-refractivity contribution in [2.24, 2.45) is 5.10 Å². The lowest BCUT2D eigenvalue weighted by atomic mass is 9.84. The number of hydrazone groups is 1. The smallest absolute Gasteiger partial charge is 0.200 e. The number of para-hydroxylation sites is 1. The molecule has 3 aromatic rings. The summed E-state index contributed by atoms with van der Waals surface area (Å²) in [4.78, 5) is 2.67. The summed E-state index contributed by atoms with van der Waals surface area (Å²) in [6, 6.07) is 23.6. The van der Waals surface area contributed by atoms with Gasteiger partial charge in [-0.1, -0.05) is 42.5 Å². The van der Waals surface area contributed by atoms with Crippen molar-refractivity contribution < 1.29 is 14.6 Å². The number of likely N-dealkylation sites (tertiary alicyclic amines) is 1. The summed E-state index contributed by atoms with van der Waals surface area (Å²) in [7, 11) is 1.58. The van der Waals surface area contributed by atoms with Crippen LogP contribution in [0.15, 0.2) is 71.8 Å². The second-order valence-electron chi connectivity index (χ2n) is 10.7. The average molecular weight is 496 g/mol. The Labute approximate surface area is 218 Å². The first kappa shape index (κ1) is 22.7. The number of piperidine rings is 1. The van der Waals surface area contributed by atoms with Gasteiger partial charge in [0.25, 0.3) is 0 Å². The Morgan fingerprint density at radius 2 is 1.76 bits per heavy atom. The molecule has 4 aliphatic rings. The van der Waals surface area contributed by atoms with Gasteiger partial charge in [0.1, 0.15) is 5.75 Å². The molecule has 0 bridgehead atoms. The minimum Gasteiger partial charge on any atom is -0.504 e. The van der Waals surface area contributed by atoms with Crippen molar-refractivity contribution in [1.82, 2.24) is 9.91 Å². The van der Waals surface area contributed by atoms with Gasteiger partial charge in [0, 0.05) is 49.5 Å². The second-order valence-corrected chi connectivity index (χ2v) is 10.7. The molecular formula is C31H33N3O3. The first-order valence-corrected chi connectivity index (χ1v) is 13.5. The molecule has 37 heavy (non-hydrogen) atoms. The molecule has 0 amide bonds. The fraction of sp³-hybridized carbons (Fsp3) is 0.387. The summed E-state index contributed by atoms with van der Waals surface area (Å²) in [6.07, 6.45) is 6.30. The number of rotatable bonds is 3. The number of phenols is 1. The number of benzene rings is 3. The molecule has 1 spiro atoms. The SMILES string of the molecule is COc1cc(C2=NN3[C@@H](C2)c2ccccc2OC32CCN([C@H]3CCCc4ccccc43)CC2)ccc1O. The van der Waals surface area contributed by atoms with Crippen molar-refractivity contribution in [3.05, 3.63) is 89.0 Å². The van der Waals surface area contributed by atoms with E-state index in [0.717, 1.165) is 49.4 Å². The van der Waals surface area contributed by atoms with Crippen LogP contribution < -0.4 is 9.47 Å². The third kappa shape index (κ3) is 3.69. The van der Waals surface area contributed by atoms with Crippen LogP contribution in [-0.4, -0.2) is 46.7 Å². The van der Waals surface area contributed by atoms with E-state index >= 15 is 0 Å². The second kappa shape index (κ2) is 8.80. The van der Waals surface area contributed by atoms with Crippen molar-refractivity contribution in [2.45, 2.75) is 56.3 Å². The van der Waals surface area contributed by atoms with E-state index in [4.69, 9.17) is 14.6 Å². The molecule has 190 valence electrons. The highest BCUT2D eigenvalue weighted by atomic mass is 16.5. The van der Waals surface area contributed by atoms with Crippen LogP contribution in [0.4, 0.5) is 0 Å². The predicted molar refractivity (Wildman–Crippen MR) is 143 cm³/mol. The number of methoxy groups -OCH3 is 1. The van der Waals surface area contributed by atoms with Gasteiger partial charge in [-0.05, 0) is 54.7 Å². The van der Waals surface area contributed by atoms with Crippen LogP contribution in [0, 0.1) is 0 Å². The Balaban J connectivity index is 1.20. The van der Waals surface area contributed by atoms with E-state index in [1.54, 1.807) is 13.2 Å². The van der Waals surface area contributed by atoms with Gasteiger partial charge in [0.15, 0.2) is 11.5 Å². The Morgan fingerprint density at radius 3 is 2.59 bits per heavy atom. The summed E-state index contributed by atoms with van der Waals surface area (Å²) >= 11 is 0. The van der Waals surface area contributed by atoms with E-state index in [-0.39, 0.29) is 11.8 Å². The van der Waals surface area contributed by atoms with E-state index in [0.29, 0.717) is 11.8 Å². The zero-order chi connectivity index (χ0) is 25.0. The van der Waals surface area contributed by atoms with E-state index in [1.807, 2.05) is 12.1 Å². The molecule has 1 fully saturated rings. The van der Waals surface area contributed by atoms with Gasteiger partial charge in [-0.25, -0.2) is 5.01 Å². The summed E-state index contributed by atoms with van der Waals surface area (Å²) in [5.74, 6) is 1.60. The minimum absolute atomic E-state index is 0.140. The first-order chi connectivity index (χ1) is 18.1. The molecule has 2 atom stereocenters. The Bertz CT molecular complexity index is 1360. The lowest BCUT2D eigenvalue weighted by Crippen LogP contribution is -2.59. The van der Waals surface area contributed by atoms with Crippen molar-refractivity contribution >= 4 is 5.71 Å². The minimum atomic E-state index is -0.452. The predicted octanol–water partition coefficient (Wildman–Crippen LogP) is 5.81. The van der Waals surface area contributed by atoms with Gasteiger partial charge >= 0.3 is 0 Å². The van der Waals surface area contributed by atoms with Crippen LogP contribution >= 0.6 is 0 Å². The monoisotopic (exact) mass is 495 g/mol. The van der Waals surface area contributed by atoms with Crippen LogP contribution in [0.25, 0.3) is 0 Å². The number of nitrogens with zero attached hydrogens (tertiary/aromatic N) is 3. The van der Waals surface area contributed by atoms with Crippen molar-refractivity contribution in [3.8, 4) is 17.2 Å². The zero-order valence-corrected chi connectivity index (χ0v) is 21.3. The van der Waals surface area contributed by atoms with E-state index in [2.05, 4.69) is 58.4 Å². The molecule has 0 saturated carbocycles. The summed E-state index contributed by atoms with van der Waals surface area (Å²) in [6.45, 7) is 1.98. The summed E-state index contributed by atoms with van der Waals surface area (Å²) in [5.41, 5.74) is 5.76. The number of hydrogen-bond acceptors (Lipinski definition) is 6. The molecule has 3 aromatic carbocycles. The molecule has 7 rings (SSSR count). The topological polar surface area (TPSA) is 57.5 Å². The Kier molecular flexibility index (Phi) is 5.39. The molecule has 6 heteroatoms. The fourth-order valence-corrected chi connectivity index (χ4v) is 6.88. The lowest BCUT2D eigenvalue weighted by Gasteiger charge is -2.52. The maximum absolute atomic E-state index is 10.1. The maximum Gasteiger partial charge on any atom is 0.200 e. The van der Waals surface area contributed by atoms with E-state index in [9.17, 15) is 5.11 Å². The fourth-order valence-electron chi connectivity index (χ4n) is 6.88. The largest absolute Gasteiger partial charge is 0.504 e. The van der Waals surface area contributed by atoms with E-state index in [1.165, 1.54) is 36.0 Å². The number of aromatic hydroxyl groups is 1. The van der Waals surface area contributed by atoms with Crippen molar-refractivity contribution in [2.75, 3.05) is 20.2 Å². The molecule has 1 aliphatic carbocycles. The van der Waals surface area contributed by atoms with Gasteiger partial charge < -0.3 is 14.6 Å². The zero-order valence-electron chi connectivity index (χ0n) is 21.3. The normalized spacial score (nSPS) is 24.0. The number of ether oxygens (including phenoxy) is 2. The number of aryl methyl sites for hydroxylation is 1. The molecular weight excluding hydrogens is 462 g/mol. The molecule has 3 aliphatic heterocycles. The van der Waals surface area contributed by atoms with Crippen LogP contribution in [0.3, 0.4) is 0 Å². The highest BCUT2D eigenvalue weighted by Gasteiger charge is 2.52. The standard InChI is InChI=1S/C31H33N3O3/c1-36-30-19-22(13-14-28(30)35)25-20-27-24-10-4-5-12-29(24)37-31(34(27)32-25)15-17-33(18-16-31)26-11-6-8-21-7-2-3-9-23(21)26/h2-5,7,9-10,12-14,19,26-27,35H,6,8,11,15-18,20H2,1H3/t26-,27-/m0/s1. The lowest BCUT2D eigenvalue weighted by molar-refractivity contribution is -0.153. The third-order valence-corrected chi connectivity index (χ3v) is 8.78. The van der Waals surface area contributed by atoms with Crippen LogP contribution in [0.1, 0.15) is 66.4 Å².